The standard InChI is InChI=1S/C11H15O3/c1-10(14-13-9-8-12-2)11-6-4-3-5-7-11/h3-7,10H,1,8-9H2,2H3. The zero-order valence-corrected chi connectivity index (χ0v) is 8.31. The van der Waals surface area contributed by atoms with Crippen molar-refractivity contribution in [2.45, 2.75) is 6.10 Å². The van der Waals surface area contributed by atoms with Crippen LogP contribution in [0, 0.1) is 6.92 Å². The van der Waals surface area contributed by atoms with E-state index in [9.17, 15) is 0 Å². The van der Waals surface area contributed by atoms with Gasteiger partial charge in [-0.15, -0.1) is 0 Å². The largest absolute Gasteiger partial charge is 0.382 e. The molecule has 0 amide bonds. The first kappa shape index (κ1) is 11.2. The topological polar surface area (TPSA) is 27.7 Å². The molecule has 0 spiro atoms. The van der Waals surface area contributed by atoms with Gasteiger partial charge in [0.1, 0.15) is 12.7 Å². The number of ether oxygens (including phenoxy) is 1. The summed E-state index contributed by atoms with van der Waals surface area (Å²) in [4.78, 5) is 9.94. The molecule has 0 aliphatic rings. The maximum atomic E-state index is 5.04. The molecular formula is C11H15O3. The third-order valence-corrected chi connectivity index (χ3v) is 1.73. The van der Waals surface area contributed by atoms with Crippen LogP contribution in [0.15, 0.2) is 30.3 Å². The van der Waals surface area contributed by atoms with E-state index in [0.717, 1.165) is 5.56 Å². The molecule has 0 aliphatic carbocycles. The molecule has 3 nitrogen and oxygen atoms in total. The second kappa shape index (κ2) is 6.54. The molecule has 1 rings (SSSR count). The molecule has 0 bridgehead atoms. The molecular weight excluding hydrogens is 180 g/mol. The van der Waals surface area contributed by atoms with Gasteiger partial charge in [0.05, 0.1) is 6.61 Å². The van der Waals surface area contributed by atoms with Gasteiger partial charge in [-0.3, -0.25) is 0 Å². The van der Waals surface area contributed by atoms with Gasteiger partial charge in [-0.1, -0.05) is 30.3 Å². The molecule has 0 saturated carbocycles. The lowest BCUT2D eigenvalue weighted by Crippen LogP contribution is -2.06. The Hall–Kier alpha value is -0.900. The minimum absolute atomic E-state index is 0.298. The Bertz CT molecular complexity index is 236. The molecule has 1 aromatic carbocycles. The quantitative estimate of drug-likeness (QED) is 0.395. The molecule has 1 atom stereocenters. The Balaban J connectivity index is 2.25. The lowest BCUT2D eigenvalue weighted by molar-refractivity contribution is -0.321. The second-order valence-electron chi connectivity index (χ2n) is 2.81. The van der Waals surface area contributed by atoms with Crippen LogP contribution in [-0.2, 0) is 14.5 Å². The van der Waals surface area contributed by atoms with Gasteiger partial charge in [-0.05, 0) is 12.5 Å². The van der Waals surface area contributed by atoms with Crippen LogP contribution < -0.4 is 0 Å². The maximum absolute atomic E-state index is 5.04. The summed E-state index contributed by atoms with van der Waals surface area (Å²) in [6, 6.07) is 9.70. The summed E-state index contributed by atoms with van der Waals surface area (Å²) >= 11 is 0. The Morgan fingerprint density at radius 1 is 1.21 bits per heavy atom. The number of hydrogen-bond acceptors (Lipinski definition) is 3. The first-order valence-corrected chi connectivity index (χ1v) is 4.50. The average Bonchev–Trinajstić information content (AvgIpc) is 2.25. The van der Waals surface area contributed by atoms with E-state index >= 15 is 0 Å². The monoisotopic (exact) mass is 195 g/mol. The van der Waals surface area contributed by atoms with Crippen molar-refractivity contribution in [3.05, 3.63) is 42.8 Å². The van der Waals surface area contributed by atoms with Crippen molar-refractivity contribution in [3.8, 4) is 0 Å². The summed E-state index contributed by atoms with van der Waals surface area (Å²) in [6.45, 7) is 4.75. The van der Waals surface area contributed by atoms with Crippen molar-refractivity contribution in [3.63, 3.8) is 0 Å². The molecule has 0 saturated heterocycles. The average molecular weight is 195 g/mol. The van der Waals surface area contributed by atoms with Crippen molar-refractivity contribution < 1.29 is 14.5 Å². The highest BCUT2D eigenvalue weighted by molar-refractivity contribution is 5.17. The number of methoxy groups -OCH3 is 1. The predicted molar refractivity (Wildman–Crippen MR) is 53.5 cm³/mol. The van der Waals surface area contributed by atoms with E-state index in [4.69, 9.17) is 14.5 Å². The molecule has 0 N–H and O–H groups in total. The van der Waals surface area contributed by atoms with Crippen molar-refractivity contribution in [1.29, 1.82) is 0 Å². The summed E-state index contributed by atoms with van der Waals surface area (Å²) in [5.74, 6) is 0. The van der Waals surface area contributed by atoms with E-state index in [-0.39, 0.29) is 6.10 Å². The fraction of sp³-hybridized carbons (Fsp3) is 0.364. The molecule has 1 unspecified atom stereocenters. The van der Waals surface area contributed by atoms with Crippen molar-refractivity contribution >= 4 is 0 Å². The highest BCUT2D eigenvalue weighted by Gasteiger charge is 2.05. The van der Waals surface area contributed by atoms with Crippen molar-refractivity contribution in [2.24, 2.45) is 0 Å². The highest BCUT2D eigenvalue weighted by Crippen LogP contribution is 2.15. The first-order valence-electron chi connectivity index (χ1n) is 4.50. The fourth-order valence-electron chi connectivity index (χ4n) is 0.971. The molecule has 0 heterocycles. The third-order valence-electron chi connectivity index (χ3n) is 1.73. The first-order chi connectivity index (χ1) is 6.84. The van der Waals surface area contributed by atoms with E-state index in [1.807, 2.05) is 30.3 Å². The lowest BCUT2D eigenvalue weighted by atomic mass is 10.1. The van der Waals surface area contributed by atoms with Crippen LogP contribution in [0.25, 0.3) is 0 Å². The van der Waals surface area contributed by atoms with Crippen LogP contribution in [0.3, 0.4) is 0 Å². The van der Waals surface area contributed by atoms with Gasteiger partial charge in [0, 0.05) is 7.11 Å². The van der Waals surface area contributed by atoms with E-state index in [2.05, 4.69) is 6.92 Å². The lowest BCUT2D eigenvalue weighted by Gasteiger charge is -2.11. The van der Waals surface area contributed by atoms with E-state index in [0.29, 0.717) is 13.2 Å². The summed E-state index contributed by atoms with van der Waals surface area (Å²) in [7, 11) is 1.61. The highest BCUT2D eigenvalue weighted by atomic mass is 17.2. The maximum Gasteiger partial charge on any atom is 0.118 e. The van der Waals surface area contributed by atoms with E-state index < -0.39 is 0 Å². The fourth-order valence-corrected chi connectivity index (χ4v) is 0.971. The van der Waals surface area contributed by atoms with Crippen molar-refractivity contribution in [2.75, 3.05) is 20.3 Å². The smallest absolute Gasteiger partial charge is 0.118 e. The minimum atomic E-state index is -0.298. The number of rotatable bonds is 6. The molecule has 1 radical (unpaired) electrons. The van der Waals surface area contributed by atoms with Crippen LogP contribution >= 0.6 is 0 Å². The van der Waals surface area contributed by atoms with Crippen molar-refractivity contribution in [1.82, 2.24) is 0 Å². The molecule has 0 aromatic heterocycles. The summed E-state index contributed by atoms with van der Waals surface area (Å²) < 4.78 is 4.80. The molecule has 1 aromatic rings. The normalized spacial score (nSPS) is 12.7. The summed E-state index contributed by atoms with van der Waals surface area (Å²) in [5.41, 5.74) is 0.991. The van der Waals surface area contributed by atoms with Gasteiger partial charge in [0.2, 0.25) is 0 Å². The second-order valence-corrected chi connectivity index (χ2v) is 2.81. The Labute approximate surface area is 84.5 Å². The molecule has 0 aliphatic heterocycles. The summed E-state index contributed by atoms with van der Waals surface area (Å²) in [6.07, 6.45) is -0.298. The summed E-state index contributed by atoms with van der Waals surface area (Å²) in [5, 5.41) is 0. The van der Waals surface area contributed by atoms with Gasteiger partial charge < -0.3 is 4.74 Å². The van der Waals surface area contributed by atoms with Crippen LogP contribution in [0.1, 0.15) is 11.7 Å². The SMILES string of the molecule is [CH2]C(OOCCOC)c1ccccc1. The van der Waals surface area contributed by atoms with Gasteiger partial charge in [-0.2, -0.15) is 0 Å². The van der Waals surface area contributed by atoms with E-state index in [1.165, 1.54) is 0 Å². The Morgan fingerprint density at radius 3 is 2.57 bits per heavy atom. The van der Waals surface area contributed by atoms with Crippen LogP contribution in [0.5, 0.6) is 0 Å². The van der Waals surface area contributed by atoms with Crippen LogP contribution in [0.2, 0.25) is 0 Å². The predicted octanol–water partition coefficient (Wildman–Crippen LogP) is 2.16. The minimum Gasteiger partial charge on any atom is -0.382 e. The van der Waals surface area contributed by atoms with Crippen LogP contribution in [0.4, 0.5) is 0 Å². The molecule has 0 fully saturated rings. The number of benzene rings is 1. The molecule has 3 heteroatoms. The zero-order chi connectivity index (χ0) is 10.2. The molecule has 77 valence electrons. The van der Waals surface area contributed by atoms with Gasteiger partial charge in [0.15, 0.2) is 0 Å². The van der Waals surface area contributed by atoms with E-state index in [1.54, 1.807) is 7.11 Å². The third kappa shape index (κ3) is 3.87. The Morgan fingerprint density at radius 2 is 1.93 bits per heavy atom. The Kier molecular flexibility index (Phi) is 5.22. The number of hydrogen-bond donors (Lipinski definition) is 0. The van der Waals surface area contributed by atoms with Gasteiger partial charge >= 0.3 is 0 Å². The van der Waals surface area contributed by atoms with Gasteiger partial charge in [0.25, 0.3) is 0 Å². The zero-order valence-electron chi connectivity index (χ0n) is 8.31. The molecule has 14 heavy (non-hydrogen) atoms. The van der Waals surface area contributed by atoms with Crippen LogP contribution in [-0.4, -0.2) is 20.3 Å². The van der Waals surface area contributed by atoms with Gasteiger partial charge in [-0.25, -0.2) is 9.78 Å².